The summed E-state index contributed by atoms with van der Waals surface area (Å²) in [5.41, 5.74) is 0. The van der Waals surface area contributed by atoms with Crippen LogP contribution >= 0.6 is 0 Å². The molecule has 0 bridgehead atoms. The van der Waals surface area contributed by atoms with Gasteiger partial charge in [0.15, 0.2) is 0 Å². The predicted octanol–water partition coefficient (Wildman–Crippen LogP) is 2.54. The fraction of sp³-hybridized carbons (Fsp3) is 0.750. The summed E-state index contributed by atoms with van der Waals surface area (Å²) in [7, 11) is 0. The van der Waals surface area contributed by atoms with E-state index < -0.39 is 0 Å². The highest BCUT2D eigenvalue weighted by Crippen LogP contribution is 2.17. The standard InChI is InChI=1S/C12H22N2O/c1-3-10-14(4-2)12(15)13-11-8-6-5-7-9-11/h3,11H,1,4-10H2,2H3,(H,13,15). The Bertz CT molecular complexity index is 210. The van der Waals surface area contributed by atoms with Crippen LogP contribution < -0.4 is 5.32 Å². The lowest BCUT2D eigenvalue weighted by atomic mass is 9.96. The second kappa shape index (κ2) is 6.49. The lowest BCUT2D eigenvalue weighted by Crippen LogP contribution is -2.45. The van der Waals surface area contributed by atoms with Gasteiger partial charge >= 0.3 is 6.03 Å². The van der Waals surface area contributed by atoms with E-state index in [1.54, 1.807) is 11.0 Å². The number of amides is 2. The van der Waals surface area contributed by atoms with Gasteiger partial charge in [0.25, 0.3) is 0 Å². The maximum absolute atomic E-state index is 11.8. The Kier molecular flexibility index (Phi) is 5.22. The van der Waals surface area contributed by atoms with Crippen LogP contribution in [0.2, 0.25) is 0 Å². The van der Waals surface area contributed by atoms with Crippen LogP contribution in [0.4, 0.5) is 4.79 Å². The first-order valence-electron chi connectivity index (χ1n) is 5.94. The van der Waals surface area contributed by atoms with Crippen LogP contribution in [0.5, 0.6) is 0 Å². The molecule has 3 nitrogen and oxygen atoms in total. The molecule has 1 fully saturated rings. The molecule has 0 aromatic carbocycles. The number of hydrogen-bond donors (Lipinski definition) is 1. The summed E-state index contributed by atoms with van der Waals surface area (Å²) < 4.78 is 0. The van der Waals surface area contributed by atoms with E-state index >= 15 is 0 Å². The minimum Gasteiger partial charge on any atom is -0.335 e. The molecule has 0 saturated heterocycles. The molecule has 1 aliphatic carbocycles. The fourth-order valence-corrected chi connectivity index (χ4v) is 2.02. The first-order valence-corrected chi connectivity index (χ1v) is 5.94. The molecule has 2 amide bonds. The Morgan fingerprint density at radius 1 is 1.47 bits per heavy atom. The average molecular weight is 210 g/mol. The van der Waals surface area contributed by atoms with Gasteiger partial charge in [0, 0.05) is 19.1 Å². The van der Waals surface area contributed by atoms with E-state index in [1.807, 2.05) is 6.92 Å². The second-order valence-electron chi connectivity index (χ2n) is 4.11. The van der Waals surface area contributed by atoms with Gasteiger partial charge in [-0.25, -0.2) is 4.79 Å². The highest BCUT2D eigenvalue weighted by atomic mass is 16.2. The van der Waals surface area contributed by atoms with Gasteiger partial charge in [-0.3, -0.25) is 0 Å². The molecule has 0 spiro atoms. The summed E-state index contributed by atoms with van der Waals surface area (Å²) in [5, 5.41) is 3.09. The summed E-state index contributed by atoms with van der Waals surface area (Å²) in [6.45, 7) is 7.02. The second-order valence-corrected chi connectivity index (χ2v) is 4.11. The molecule has 1 rings (SSSR count). The zero-order valence-electron chi connectivity index (χ0n) is 9.67. The zero-order chi connectivity index (χ0) is 11.1. The number of nitrogens with one attached hydrogen (secondary N) is 1. The number of urea groups is 1. The number of nitrogens with zero attached hydrogens (tertiary/aromatic N) is 1. The molecule has 86 valence electrons. The lowest BCUT2D eigenvalue weighted by molar-refractivity contribution is 0.197. The third-order valence-electron chi connectivity index (χ3n) is 2.95. The highest BCUT2D eigenvalue weighted by molar-refractivity contribution is 5.74. The van der Waals surface area contributed by atoms with Crippen molar-refractivity contribution < 1.29 is 4.79 Å². The summed E-state index contributed by atoms with van der Waals surface area (Å²) >= 11 is 0. The zero-order valence-corrected chi connectivity index (χ0v) is 9.67. The minimum absolute atomic E-state index is 0.0595. The Labute approximate surface area is 92.5 Å². The molecular weight excluding hydrogens is 188 g/mol. The number of likely N-dealkylation sites (N-methyl/N-ethyl adjacent to an activating group) is 1. The average Bonchev–Trinajstić information content (AvgIpc) is 2.27. The quantitative estimate of drug-likeness (QED) is 0.710. The van der Waals surface area contributed by atoms with Crippen molar-refractivity contribution in [2.75, 3.05) is 13.1 Å². The summed E-state index contributed by atoms with van der Waals surface area (Å²) in [6, 6.07) is 0.453. The Morgan fingerprint density at radius 3 is 2.67 bits per heavy atom. The van der Waals surface area contributed by atoms with Crippen LogP contribution in [0.15, 0.2) is 12.7 Å². The molecule has 0 aliphatic heterocycles. The lowest BCUT2D eigenvalue weighted by Gasteiger charge is -2.27. The van der Waals surface area contributed by atoms with Crippen LogP contribution in [-0.4, -0.2) is 30.1 Å². The van der Waals surface area contributed by atoms with Crippen molar-refractivity contribution >= 4 is 6.03 Å². The van der Waals surface area contributed by atoms with Gasteiger partial charge < -0.3 is 10.2 Å². The van der Waals surface area contributed by atoms with Crippen LogP contribution in [-0.2, 0) is 0 Å². The monoisotopic (exact) mass is 210 g/mol. The topological polar surface area (TPSA) is 32.3 Å². The SMILES string of the molecule is C=CCN(CC)C(=O)NC1CCCCC1. The molecular formula is C12H22N2O. The Hall–Kier alpha value is -0.990. The van der Waals surface area contributed by atoms with E-state index in [1.165, 1.54) is 19.3 Å². The first-order chi connectivity index (χ1) is 7.27. The molecule has 3 heteroatoms. The van der Waals surface area contributed by atoms with Crippen LogP contribution in [0.1, 0.15) is 39.0 Å². The van der Waals surface area contributed by atoms with Gasteiger partial charge in [0.05, 0.1) is 0 Å². The minimum atomic E-state index is 0.0595. The first kappa shape index (κ1) is 12.1. The largest absolute Gasteiger partial charge is 0.335 e. The molecule has 1 aliphatic rings. The van der Waals surface area contributed by atoms with Gasteiger partial charge in [-0.15, -0.1) is 6.58 Å². The van der Waals surface area contributed by atoms with E-state index in [2.05, 4.69) is 11.9 Å². The summed E-state index contributed by atoms with van der Waals surface area (Å²) in [5.74, 6) is 0. The van der Waals surface area contributed by atoms with Gasteiger partial charge in [0.2, 0.25) is 0 Å². The van der Waals surface area contributed by atoms with Crippen molar-refractivity contribution in [2.45, 2.75) is 45.1 Å². The third kappa shape index (κ3) is 3.94. The van der Waals surface area contributed by atoms with Gasteiger partial charge in [-0.05, 0) is 19.8 Å². The molecule has 15 heavy (non-hydrogen) atoms. The summed E-state index contributed by atoms with van der Waals surface area (Å²) in [4.78, 5) is 13.6. The third-order valence-corrected chi connectivity index (χ3v) is 2.95. The van der Waals surface area contributed by atoms with E-state index in [9.17, 15) is 4.79 Å². The van der Waals surface area contributed by atoms with Gasteiger partial charge in [-0.2, -0.15) is 0 Å². The predicted molar refractivity (Wildman–Crippen MR) is 62.8 cm³/mol. The normalized spacial score (nSPS) is 17.1. The van der Waals surface area contributed by atoms with Crippen LogP contribution in [0, 0.1) is 0 Å². The smallest absolute Gasteiger partial charge is 0.317 e. The molecule has 0 aromatic rings. The molecule has 0 radical (unpaired) electrons. The molecule has 0 unspecified atom stereocenters. The van der Waals surface area contributed by atoms with E-state index in [0.717, 1.165) is 19.4 Å². The van der Waals surface area contributed by atoms with E-state index in [-0.39, 0.29) is 6.03 Å². The number of carbonyl (C=O) groups excluding carboxylic acids is 1. The molecule has 0 atom stereocenters. The number of rotatable bonds is 4. The number of hydrogen-bond acceptors (Lipinski definition) is 1. The van der Waals surface area contributed by atoms with Crippen molar-refractivity contribution in [3.05, 3.63) is 12.7 Å². The van der Waals surface area contributed by atoms with Crippen molar-refractivity contribution in [3.8, 4) is 0 Å². The van der Waals surface area contributed by atoms with E-state index in [0.29, 0.717) is 12.6 Å². The maximum atomic E-state index is 11.8. The molecule has 1 saturated carbocycles. The van der Waals surface area contributed by atoms with Crippen molar-refractivity contribution in [3.63, 3.8) is 0 Å². The maximum Gasteiger partial charge on any atom is 0.317 e. The van der Waals surface area contributed by atoms with E-state index in [4.69, 9.17) is 0 Å². The molecule has 0 heterocycles. The molecule has 0 aromatic heterocycles. The number of carbonyl (C=O) groups is 1. The molecule has 1 N–H and O–H groups in total. The van der Waals surface area contributed by atoms with Crippen LogP contribution in [0.3, 0.4) is 0 Å². The van der Waals surface area contributed by atoms with Crippen molar-refractivity contribution in [1.82, 2.24) is 10.2 Å². The van der Waals surface area contributed by atoms with Crippen molar-refractivity contribution in [2.24, 2.45) is 0 Å². The Morgan fingerprint density at radius 2 is 2.13 bits per heavy atom. The van der Waals surface area contributed by atoms with Crippen molar-refractivity contribution in [1.29, 1.82) is 0 Å². The Balaban J connectivity index is 2.34. The fourth-order valence-electron chi connectivity index (χ4n) is 2.02. The van der Waals surface area contributed by atoms with Gasteiger partial charge in [0.1, 0.15) is 0 Å². The summed E-state index contributed by atoms with van der Waals surface area (Å²) in [6.07, 6.45) is 7.85. The van der Waals surface area contributed by atoms with Crippen LogP contribution in [0.25, 0.3) is 0 Å². The highest BCUT2D eigenvalue weighted by Gasteiger charge is 2.17. The van der Waals surface area contributed by atoms with Gasteiger partial charge in [-0.1, -0.05) is 25.3 Å².